The Morgan fingerprint density at radius 1 is 1.00 bits per heavy atom. The summed E-state index contributed by atoms with van der Waals surface area (Å²) in [6.45, 7) is 1.16. The predicted octanol–water partition coefficient (Wildman–Crippen LogP) is 2.49. The van der Waals surface area contributed by atoms with E-state index in [0.717, 1.165) is 0 Å². The Bertz CT molecular complexity index is 806. The van der Waals surface area contributed by atoms with Crippen molar-refractivity contribution in [1.29, 1.82) is 0 Å². The van der Waals surface area contributed by atoms with Gasteiger partial charge in [0.05, 0.1) is 0 Å². The van der Waals surface area contributed by atoms with Crippen molar-refractivity contribution in [1.82, 2.24) is 20.0 Å². The molecule has 0 radical (unpaired) electrons. The molecule has 24 heavy (non-hydrogen) atoms. The number of carbonyl (C=O) groups excluding carboxylic acids is 1. The van der Waals surface area contributed by atoms with E-state index in [1.807, 2.05) is 29.2 Å². The first-order valence-electron chi connectivity index (χ1n) is 7.84. The van der Waals surface area contributed by atoms with Crippen LogP contribution in [0.25, 0.3) is 0 Å². The van der Waals surface area contributed by atoms with Crippen LogP contribution in [0.2, 0.25) is 0 Å². The Kier molecular flexibility index (Phi) is 3.78. The molecule has 2 unspecified atom stereocenters. The molecule has 1 aliphatic rings. The van der Waals surface area contributed by atoms with E-state index in [0.29, 0.717) is 24.6 Å². The van der Waals surface area contributed by atoms with Gasteiger partial charge in [0.15, 0.2) is 5.82 Å². The maximum Gasteiger partial charge on any atom is 0.272 e. The zero-order chi connectivity index (χ0) is 16.4. The topological polar surface area (TPSA) is 72.1 Å². The van der Waals surface area contributed by atoms with E-state index in [1.54, 1.807) is 18.3 Å². The van der Waals surface area contributed by atoms with Crippen molar-refractivity contribution in [2.24, 2.45) is 0 Å². The Morgan fingerprint density at radius 3 is 2.50 bits per heavy atom. The van der Waals surface area contributed by atoms with Crippen molar-refractivity contribution in [3.05, 3.63) is 78.2 Å². The predicted molar refractivity (Wildman–Crippen MR) is 86.4 cm³/mol. The van der Waals surface area contributed by atoms with Crippen molar-refractivity contribution in [3.63, 3.8) is 0 Å². The minimum absolute atomic E-state index is 0.0128. The third-order valence-electron chi connectivity index (χ3n) is 4.43. The van der Waals surface area contributed by atoms with Crippen LogP contribution in [0.15, 0.2) is 65.6 Å². The molecule has 1 aliphatic heterocycles. The number of carbonyl (C=O) groups is 1. The number of aromatic nitrogens is 3. The maximum absolute atomic E-state index is 12.7. The van der Waals surface area contributed by atoms with Gasteiger partial charge in [-0.3, -0.25) is 9.78 Å². The van der Waals surface area contributed by atoms with Crippen LogP contribution in [-0.4, -0.2) is 39.0 Å². The molecule has 0 saturated carbocycles. The number of pyridine rings is 1. The van der Waals surface area contributed by atoms with E-state index >= 15 is 0 Å². The highest BCUT2D eigenvalue weighted by Gasteiger charge is 2.39. The Labute approximate surface area is 139 Å². The first-order chi connectivity index (χ1) is 11.8. The first kappa shape index (κ1) is 14.6. The van der Waals surface area contributed by atoms with Crippen LogP contribution in [-0.2, 0) is 0 Å². The lowest BCUT2D eigenvalue weighted by Gasteiger charge is -2.16. The molecular formula is C18H16N4O2. The summed E-state index contributed by atoms with van der Waals surface area (Å²) in [7, 11) is 0. The number of hydrogen-bond donors (Lipinski definition) is 0. The van der Waals surface area contributed by atoms with E-state index in [1.165, 1.54) is 12.0 Å². The molecule has 3 heterocycles. The quantitative estimate of drug-likeness (QED) is 0.741. The molecular weight excluding hydrogens is 304 g/mol. The van der Waals surface area contributed by atoms with Crippen molar-refractivity contribution >= 4 is 5.91 Å². The standard InChI is InChI=1S/C18H16N4O2/c23-18(16-8-4-5-9-19-16)22-10-14(13-6-2-1-3-7-13)15(11-22)17-20-12-24-21-17/h1-9,12,14-15H,10-11H2. The molecule has 120 valence electrons. The summed E-state index contributed by atoms with van der Waals surface area (Å²) in [6, 6.07) is 15.5. The van der Waals surface area contributed by atoms with Crippen LogP contribution in [0.1, 0.15) is 33.7 Å². The lowest BCUT2D eigenvalue weighted by Crippen LogP contribution is -2.29. The van der Waals surface area contributed by atoms with Crippen molar-refractivity contribution < 1.29 is 9.32 Å². The van der Waals surface area contributed by atoms with Gasteiger partial charge in [-0.05, 0) is 17.7 Å². The van der Waals surface area contributed by atoms with Gasteiger partial charge in [0.2, 0.25) is 6.39 Å². The van der Waals surface area contributed by atoms with E-state index in [9.17, 15) is 4.79 Å². The molecule has 0 N–H and O–H groups in total. The molecule has 3 aromatic rings. The number of nitrogens with zero attached hydrogens (tertiary/aromatic N) is 4. The number of amides is 1. The maximum atomic E-state index is 12.7. The van der Waals surface area contributed by atoms with Crippen LogP contribution in [0, 0.1) is 0 Å². The highest BCUT2D eigenvalue weighted by Crippen LogP contribution is 2.38. The summed E-state index contributed by atoms with van der Waals surface area (Å²) in [5.41, 5.74) is 1.63. The summed E-state index contributed by atoms with van der Waals surface area (Å²) in [4.78, 5) is 22.9. The summed E-state index contributed by atoms with van der Waals surface area (Å²) >= 11 is 0. The average Bonchev–Trinajstić information content (AvgIpc) is 3.32. The molecule has 1 aromatic carbocycles. The Hall–Kier alpha value is -3.02. The first-order valence-corrected chi connectivity index (χ1v) is 7.84. The molecule has 4 rings (SSSR count). The number of benzene rings is 1. The van der Waals surface area contributed by atoms with Crippen molar-refractivity contribution in [2.45, 2.75) is 11.8 Å². The highest BCUT2D eigenvalue weighted by atomic mass is 16.5. The van der Waals surface area contributed by atoms with E-state index in [4.69, 9.17) is 4.52 Å². The molecule has 1 saturated heterocycles. The fourth-order valence-electron chi connectivity index (χ4n) is 3.26. The van der Waals surface area contributed by atoms with Crippen LogP contribution in [0.3, 0.4) is 0 Å². The highest BCUT2D eigenvalue weighted by molar-refractivity contribution is 5.92. The lowest BCUT2D eigenvalue weighted by atomic mass is 9.88. The lowest BCUT2D eigenvalue weighted by molar-refractivity contribution is 0.0783. The van der Waals surface area contributed by atoms with Gasteiger partial charge in [0.25, 0.3) is 5.91 Å². The van der Waals surface area contributed by atoms with E-state index in [2.05, 4.69) is 27.3 Å². The second-order valence-corrected chi connectivity index (χ2v) is 5.84. The Balaban J connectivity index is 1.64. The third-order valence-corrected chi connectivity index (χ3v) is 4.43. The fraction of sp³-hybridized carbons (Fsp3) is 0.222. The second-order valence-electron chi connectivity index (χ2n) is 5.84. The zero-order valence-electron chi connectivity index (χ0n) is 12.9. The Morgan fingerprint density at radius 2 is 1.79 bits per heavy atom. The monoisotopic (exact) mass is 320 g/mol. The zero-order valence-corrected chi connectivity index (χ0v) is 12.9. The molecule has 1 fully saturated rings. The third kappa shape index (κ3) is 2.67. The van der Waals surface area contributed by atoms with Gasteiger partial charge >= 0.3 is 0 Å². The number of rotatable bonds is 3. The van der Waals surface area contributed by atoms with Gasteiger partial charge in [0.1, 0.15) is 5.69 Å². The summed E-state index contributed by atoms with van der Waals surface area (Å²) in [5, 5.41) is 4.00. The van der Waals surface area contributed by atoms with Crippen LogP contribution in [0.4, 0.5) is 0 Å². The van der Waals surface area contributed by atoms with Gasteiger partial charge in [-0.25, -0.2) is 0 Å². The smallest absolute Gasteiger partial charge is 0.272 e. The molecule has 0 bridgehead atoms. The van der Waals surface area contributed by atoms with E-state index < -0.39 is 0 Å². The molecule has 2 atom stereocenters. The normalized spacial score (nSPS) is 20.2. The largest absolute Gasteiger partial charge is 0.343 e. The minimum Gasteiger partial charge on any atom is -0.343 e. The van der Waals surface area contributed by atoms with Gasteiger partial charge in [-0.15, -0.1) is 0 Å². The second kappa shape index (κ2) is 6.23. The van der Waals surface area contributed by atoms with Gasteiger partial charge in [-0.2, -0.15) is 4.98 Å². The summed E-state index contributed by atoms with van der Waals surface area (Å²) in [6.07, 6.45) is 2.97. The molecule has 6 nitrogen and oxygen atoms in total. The van der Waals surface area contributed by atoms with E-state index in [-0.39, 0.29) is 17.7 Å². The summed E-state index contributed by atoms with van der Waals surface area (Å²) in [5.74, 6) is 0.720. The van der Waals surface area contributed by atoms with Crippen molar-refractivity contribution in [2.75, 3.05) is 13.1 Å². The van der Waals surface area contributed by atoms with Crippen LogP contribution in [0.5, 0.6) is 0 Å². The molecule has 0 spiro atoms. The molecule has 2 aromatic heterocycles. The van der Waals surface area contributed by atoms with Gasteiger partial charge in [0, 0.05) is 31.1 Å². The molecule has 0 aliphatic carbocycles. The van der Waals surface area contributed by atoms with Crippen LogP contribution >= 0.6 is 0 Å². The fourth-order valence-corrected chi connectivity index (χ4v) is 3.26. The molecule has 6 heteroatoms. The summed E-state index contributed by atoms with van der Waals surface area (Å²) < 4.78 is 4.91. The van der Waals surface area contributed by atoms with Crippen LogP contribution < -0.4 is 0 Å². The minimum atomic E-state index is -0.0671. The van der Waals surface area contributed by atoms with Gasteiger partial charge < -0.3 is 9.42 Å². The number of likely N-dealkylation sites (tertiary alicyclic amines) is 1. The molecule has 1 amide bonds. The van der Waals surface area contributed by atoms with Gasteiger partial charge in [-0.1, -0.05) is 41.6 Å². The SMILES string of the molecule is O=C(c1ccccn1)N1CC(c2ccccc2)C(c2ncon2)C1. The van der Waals surface area contributed by atoms with Crippen molar-refractivity contribution in [3.8, 4) is 0 Å². The number of hydrogen-bond acceptors (Lipinski definition) is 5. The average molecular weight is 320 g/mol.